The minimum atomic E-state index is -0.338. The van der Waals surface area contributed by atoms with Crippen molar-refractivity contribution in [3.63, 3.8) is 0 Å². The summed E-state index contributed by atoms with van der Waals surface area (Å²) in [7, 11) is 0. The number of nitrogens with zero attached hydrogens (tertiary/aromatic N) is 2. The predicted octanol–water partition coefficient (Wildman–Crippen LogP) is 4.06. The number of carbonyl (C=O) groups is 1. The normalized spacial score (nSPS) is 19.5. The van der Waals surface area contributed by atoms with Crippen LogP contribution in [0.2, 0.25) is 0 Å². The van der Waals surface area contributed by atoms with Crippen LogP contribution < -0.4 is 10.3 Å². The van der Waals surface area contributed by atoms with Gasteiger partial charge in [0.25, 0.3) is 0 Å². The Morgan fingerprint density at radius 3 is 2.54 bits per heavy atom. The highest BCUT2D eigenvalue weighted by Gasteiger charge is 2.36. The summed E-state index contributed by atoms with van der Waals surface area (Å²) < 4.78 is 13.0. The summed E-state index contributed by atoms with van der Waals surface area (Å²) in [6.07, 6.45) is 3.51. The van der Waals surface area contributed by atoms with Crippen LogP contribution in [0.15, 0.2) is 59.7 Å². The number of carbonyl (C=O) groups excluding carboxylic acids is 1. The second-order valence-corrected chi connectivity index (χ2v) is 5.82. The predicted molar refractivity (Wildman–Crippen MR) is 94.6 cm³/mol. The summed E-state index contributed by atoms with van der Waals surface area (Å²) in [4.78, 5) is 12.6. The molecule has 124 valence electrons. The maximum Gasteiger partial charge on any atom is 0.235 e. The highest BCUT2D eigenvalue weighted by Crippen LogP contribution is 2.29. The molecular weight excluding hydrogens is 305 g/mol. The second kappa shape index (κ2) is 7.25. The van der Waals surface area contributed by atoms with Crippen molar-refractivity contribution in [3.05, 3.63) is 60.4 Å². The third kappa shape index (κ3) is 3.45. The fraction of sp³-hybridized carbons (Fsp3) is 0.263. The summed E-state index contributed by atoms with van der Waals surface area (Å²) in [5, 5.41) is 9.21. The van der Waals surface area contributed by atoms with Crippen molar-refractivity contribution < 1.29 is 9.18 Å². The molecule has 1 aliphatic rings. The Kier molecular flexibility index (Phi) is 4.89. The lowest BCUT2D eigenvalue weighted by molar-refractivity contribution is -0.118. The third-order valence-electron chi connectivity index (χ3n) is 4.10. The van der Waals surface area contributed by atoms with Crippen molar-refractivity contribution in [1.82, 2.24) is 0 Å². The molecule has 0 fully saturated rings. The molecule has 0 aromatic heterocycles. The standard InChI is InChI=1S/C19H20FN3O/c1-2-6-18-17(13-21-23(18)16-7-4-3-5-8-16)19(24)22-15-11-9-14(20)10-12-15/h3-5,7-13,17-18H,2,6H2,1H3,(H,22,24). The minimum absolute atomic E-state index is 0.0159. The van der Waals surface area contributed by atoms with Gasteiger partial charge < -0.3 is 5.32 Å². The number of anilines is 2. The number of rotatable bonds is 5. The van der Waals surface area contributed by atoms with E-state index in [9.17, 15) is 9.18 Å². The highest BCUT2D eigenvalue weighted by molar-refractivity contribution is 6.04. The Morgan fingerprint density at radius 1 is 1.17 bits per heavy atom. The number of para-hydroxylation sites is 1. The van der Waals surface area contributed by atoms with Gasteiger partial charge in [-0.1, -0.05) is 31.5 Å². The highest BCUT2D eigenvalue weighted by atomic mass is 19.1. The molecule has 5 heteroatoms. The average molecular weight is 325 g/mol. The fourth-order valence-electron chi connectivity index (χ4n) is 2.92. The van der Waals surface area contributed by atoms with Gasteiger partial charge in [-0.25, -0.2) is 4.39 Å². The Balaban J connectivity index is 1.76. The zero-order valence-corrected chi connectivity index (χ0v) is 13.5. The van der Waals surface area contributed by atoms with E-state index in [0.29, 0.717) is 5.69 Å². The molecule has 2 atom stereocenters. The maximum atomic E-state index is 13.0. The molecule has 2 aromatic rings. The van der Waals surface area contributed by atoms with Gasteiger partial charge in [-0.3, -0.25) is 9.80 Å². The van der Waals surface area contributed by atoms with Crippen molar-refractivity contribution in [1.29, 1.82) is 0 Å². The molecule has 1 N–H and O–H groups in total. The first kappa shape index (κ1) is 16.2. The number of nitrogens with one attached hydrogen (secondary N) is 1. The van der Waals surface area contributed by atoms with E-state index >= 15 is 0 Å². The summed E-state index contributed by atoms with van der Waals surface area (Å²) in [6, 6.07) is 15.6. The molecule has 2 unspecified atom stereocenters. The number of hydrogen-bond donors (Lipinski definition) is 1. The van der Waals surface area contributed by atoms with Crippen LogP contribution >= 0.6 is 0 Å². The zero-order valence-electron chi connectivity index (χ0n) is 13.5. The van der Waals surface area contributed by atoms with Gasteiger partial charge in [0.15, 0.2) is 0 Å². The summed E-state index contributed by atoms with van der Waals surface area (Å²) in [5.74, 6) is -0.785. The monoisotopic (exact) mass is 325 g/mol. The molecular formula is C19H20FN3O. The molecule has 3 rings (SSSR count). The van der Waals surface area contributed by atoms with Crippen LogP contribution in [0.5, 0.6) is 0 Å². The number of amides is 1. The lowest BCUT2D eigenvalue weighted by Crippen LogP contribution is -2.38. The molecule has 0 spiro atoms. The van der Waals surface area contributed by atoms with E-state index < -0.39 is 0 Å². The molecule has 4 nitrogen and oxygen atoms in total. The Hall–Kier alpha value is -2.69. The lowest BCUT2D eigenvalue weighted by atomic mass is 9.96. The lowest BCUT2D eigenvalue weighted by Gasteiger charge is -2.27. The van der Waals surface area contributed by atoms with Gasteiger partial charge in [0, 0.05) is 11.9 Å². The first-order valence-corrected chi connectivity index (χ1v) is 8.14. The zero-order chi connectivity index (χ0) is 16.9. The number of hydrogen-bond acceptors (Lipinski definition) is 3. The molecule has 24 heavy (non-hydrogen) atoms. The summed E-state index contributed by atoms with van der Waals surface area (Å²) in [6.45, 7) is 2.09. The van der Waals surface area contributed by atoms with Crippen LogP contribution in [-0.4, -0.2) is 18.2 Å². The SMILES string of the molecule is CCCC1C(C(=O)Nc2ccc(F)cc2)C=NN1c1ccccc1. The van der Waals surface area contributed by atoms with Gasteiger partial charge in [-0.2, -0.15) is 5.10 Å². The number of halogens is 1. The van der Waals surface area contributed by atoms with E-state index in [-0.39, 0.29) is 23.7 Å². The van der Waals surface area contributed by atoms with Gasteiger partial charge in [-0.15, -0.1) is 0 Å². The van der Waals surface area contributed by atoms with E-state index in [1.165, 1.54) is 12.1 Å². The molecule has 0 saturated carbocycles. The van der Waals surface area contributed by atoms with Crippen molar-refractivity contribution in [3.8, 4) is 0 Å². The first-order valence-electron chi connectivity index (χ1n) is 8.14. The molecule has 1 aliphatic heterocycles. The molecule has 0 saturated heterocycles. The fourth-order valence-corrected chi connectivity index (χ4v) is 2.92. The molecule has 2 aromatic carbocycles. The van der Waals surface area contributed by atoms with Crippen LogP contribution in [0.4, 0.5) is 15.8 Å². The molecule has 0 bridgehead atoms. The Morgan fingerprint density at radius 2 is 1.88 bits per heavy atom. The van der Waals surface area contributed by atoms with E-state index in [0.717, 1.165) is 18.5 Å². The smallest absolute Gasteiger partial charge is 0.235 e. The van der Waals surface area contributed by atoms with Gasteiger partial charge in [0.2, 0.25) is 5.91 Å². The van der Waals surface area contributed by atoms with Crippen LogP contribution in [0, 0.1) is 11.7 Å². The van der Waals surface area contributed by atoms with Crippen molar-refractivity contribution in [2.24, 2.45) is 11.0 Å². The maximum absolute atomic E-state index is 13.0. The molecule has 0 radical (unpaired) electrons. The van der Waals surface area contributed by atoms with Gasteiger partial charge in [-0.05, 0) is 42.8 Å². The van der Waals surface area contributed by atoms with Gasteiger partial charge >= 0.3 is 0 Å². The van der Waals surface area contributed by atoms with Crippen molar-refractivity contribution >= 4 is 23.5 Å². The minimum Gasteiger partial charge on any atom is -0.325 e. The number of hydrazone groups is 1. The van der Waals surface area contributed by atoms with Crippen LogP contribution in [0.3, 0.4) is 0 Å². The number of benzene rings is 2. The quantitative estimate of drug-likeness (QED) is 0.901. The Labute approximate surface area is 141 Å². The van der Waals surface area contributed by atoms with Crippen LogP contribution in [0.1, 0.15) is 19.8 Å². The summed E-state index contributed by atoms with van der Waals surface area (Å²) in [5.41, 5.74) is 1.56. The molecule has 0 aliphatic carbocycles. The third-order valence-corrected chi connectivity index (χ3v) is 4.10. The van der Waals surface area contributed by atoms with E-state index in [1.807, 2.05) is 35.3 Å². The Bertz CT molecular complexity index is 715. The first-order chi connectivity index (χ1) is 11.7. The largest absolute Gasteiger partial charge is 0.325 e. The van der Waals surface area contributed by atoms with Gasteiger partial charge in [0.1, 0.15) is 5.82 Å². The summed E-state index contributed by atoms with van der Waals surface area (Å²) >= 11 is 0. The molecule has 1 heterocycles. The van der Waals surface area contributed by atoms with Crippen LogP contribution in [0.25, 0.3) is 0 Å². The van der Waals surface area contributed by atoms with Gasteiger partial charge in [0.05, 0.1) is 17.6 Å². The second-order valence-electron chi connectivity index (χ2n) is 5.82. The van der Waals surface area contributed by atoms with Crippen molar-refractivity contribution in [2.75, 3.05) is 10.3 Å². The van der Waals surface area contributed by atoms with Crippen LogP contribution in [-0.2, 0) is 4.79 Å². The van der Waals surface area contributed by atoms with E-state index in [4.69, 9.17) is 0 Å². The topological polar surface area (TPSA) is 44.7 Å². The van der Waals surface area contributed by atoms with E-state index in [2.05, 4.69) is 17.3 Å². The average Bonchev–Trinajstić information content (AvgIpc) is 3.02. The van der Waals surface area contributed by atoms with Crippen molar-refractivity contribution in [2.45, 2.75) is 25.8 Å². The van der Waals surface area contributed by atoms with E-state index in [1.54, 1.807) is 18.3 Å². The molecule has 1 amide bonds.